The summed E-state index contributed by atoms with van der Waals surface area (Å²) in [7, 11) is 2.86. The zero-order chi connectivity index (χ0) is 16.6. The number of carboxylic acids is 1. The number of aliphatic carboxylic acids is 1. The molecular weight excluding hydrogens is 308 g/mol. The molecule has 0 radical (unpaired) electrons. The molecule has 0 bridgehead atoms. The maximum Gasteiger partial charge on any atom is 0.332 e. The lowest BCUT2D eigenvalue weighted by Gasteiger charge is -2.13. The van der Waals surface area contributed by atoms with Gasteiger partial charge in [0, 0.05) is 25.8 Å². The molecule has 8 nitrogen and oxygen atoms in total. The predicted molar refractivity (Wildman–Crippen MR) is 79.8 cm³/mol. The van der Waals surface area contributed by atoms with Crippen LogP contribution in [0.1, 0.15) is 25.6 Å². The molecule has 0 aliphatic heterocycles. The SMILES string of the molecule is CC(C)c1nc(SCC(=O)[O-])c2c(=O)n(C)c(=O)n(C)c2n1. The molecule has 2 rings (SSSR count). The van der Waals surface area contributed by atoms with Crippen molar-refractivity contribution < 1.29 is 9.90 Å². The van der Waals surface area contributed by atoms with Crippen molar-refractivity contribution in [3.63, 3.8) is 0 Å². The summed E-state index contributed by atoms with van der Waals surface area (Å²) in [6, 6.07) is 0. The van der Waals surface area contributed by atoms with Crippen molar-refractivity contribution in [3.8, 4) is 0 Å². The van der Waals surface area contributed by atoms with E-state index >= 15 is 0 Å². The highest BCUT2D eigenvalue weighted by atomic mass is 32.2. The molecular formula is C13H15N4O4S-. The summed E-state index contributed by atoms with van der Waals surface area (Å²) >= 11 is 0.885. The third-order valence-corrected chi connectivity index (χ3v) is 4.08. The van der Waals surface area contributed by atoms with E-state index in [1.807, 2.05) is 13.8 Å². The zero-order valence-electron chi connectivity index (χ0n) is 12.6. The molecule has 0 amide bonds. The number of carbonyl (C=O) groups is 1. The number of carboxylic acid groups (broad SMARTS) is 1. The molecule has 118 valence electrons. The lowest BCUT2D eigenvalue weighted by Crippen LogP contribution is -2.38. The van der Waals surface area contributed by atoms with E-state index < -0.39 is 17.2 Å². The first-order chi connectivity index (χ1) is 10.2. The smallest absolute Gasteiger partial charge is 0.332 e. The summed E-state index contributed by atoms with van der Waals surface area (Å²) in [4.78, 5) is 43.6. The second-order valence-corrected chi connectivity index (χ2v) is 6.07. The Labute approximate surface area is 129 Å². The molecule has 0 aromatic carbocycles. The Morgan fingerprint density at radius 1 is 1.23 bits per heavy atom. The Morgan fingerprint density at radius 2 is 1.86 bits per heavy atom. The number of hydrogen-bond acceptors (Lipinski definition) is 7. The molecule has 2 aromatic rings. The van der Waals surface area contributed by atoms with E-state index in [4.69, 9.17) is 0 Å². The summed E-state index contributed by atoms with van der Waals surface area (Å²) in [6.45, 7) is 3.74. The number of aromatic nitrogens is 4. The summed E-state index contributed by atoms with van der Waals surface area (Å²) in [5, 5.41) is 11.1. The monoisotopic (exact) mass is 323 g/mol. The van der Waals surface area contributed by atoms with Crippen LogP contribution in [0.25, 0.3) is 11.0 Å². The second-order valence-electron chi connectivity index (χ2n) is 5.11. The van der Waals surface area contributed by atoms with Crippen LogP contribution in [0.2, 0.25) is 0 Å². The minimum Gasteiger partial charge on any atom is -0.549 e. The van der Waals surface area contributed by atoms with Crippen molar-refractivity contribution in [1.82, 2.24) is 19.1 Å². The van der Waals surface area contributed by atoms with Crippen LogP contribution >= 0.6 is 11.8 Å². The van der Waals surface area contributed by atoms with Crippen LogP contribution in [0, 0.1) is 0 Å². The lowest BCUT2D eigenvalue weighted by molar-refractivity contribution is -0.301. The standard InChI is InChI=1S/C13H16N4O4S/c1-6(2)9-14-10-8(11(15-9)22-5-7(18)19)12(20)17(4)13(21)16(10)3/h6H,5H2,1-4H3,(H,18,19)/p-1. The molecule has 0 saturated carbocycles. The molecule has 22 heavy (non-hydrogen) atoms. The Hall–Kier alpha value is -2.16. The topological polar surface area (TPSA) is 110 Å². The molecule has 0 unspecified atom stereocenters. The molecule has 0 aliphatic rings. The minimum atomic E-state index is -1.26. The van der Waals surface area contributed by atoms with Crippen molar-refractivity contribution in [2.75, 3.05) is 5.75 Å². The van der Waals surface area contributed by atoms with Gasteiger partial charge in [-0.2, -0.15) is 0 Å². The van der Waals surface area contributed by atoms with Crippen LogP contribution in [0.5, 0.6) is 0 Å². The Kier molecular flexibility index (Phi) is 4.36. The minimum absolute atomic E-state index is 0.0362. The Morgan fingerprint density at radius 3 is 2.41 bits per heavy atom. The van der Waals surface area contributed by atoms with Crippen molar-refractivity contribution in [2.24, 2.45) is 14.1 Å². The summed E-state index contributed by atoms with van der Waals surface area (Å²) in [5.74, 6) is -1.19. The second kappa shape index (κ2) is 5.91. The van der Waals surface area contributed by atoms with Crippen molar-refractivity contribution in [2.45, 2.75) is 24.8 Å². The summed E-state index contributed by atoms with van der Waals surface area (Å²) < 4.78 is 2.21. The van der Waals surface area contributed by atoms with Gasteiger partial charge in [0.2, 0.25) is 0 Å². The van der Waals surface area contributed by atoms with E-state index in [0.717, 1.165) is 16.3 Å². The van der Waals surface area contributed by atoms with Crippen LogP contribution in [-0.4, -0.2) is 30.8 Å². The van der Waals surface area contributed by atoms with Crippen LogP contribution in [-0.2, 0) is 18.9 Å². The van der Waals surface area contributed by atoms with Gasteiger partial charge in [0.1, 0.15) is 16.2 Å². The maximum atomic E-state index is 12.3. The zero-order valence-corrected chi connectivity index (χ0v) is 13.4. The highest BCUT2D eigenvalue weighted by molar-refractivity contribution is 8.00. The number of rotatable bonds is 4. The molecule has 0 N–H and O–H groups in total. The van der Waals surface area contributed by atoms with E-state index in [9.17, 15) is 19.5 Å². The first-order valence-corrected chi connectivity index (χ1v) is 7.53. The molecule has 2 aromatic heterocycles. The van der Waals surface area contributed by atoms with Gasteiger partial charge in [0.15, 0.2) is 5.65 Å². The molecule has 2 heterocycles. The van der Waals surface area contributed by atoms with Crippen LogP contribution in [0.4, 0.5) is 0 Å². The van der Waals surface area contributed by atoms with E-state index in [-0.39, 0.29) is 27.7 Å². The molecule has 9 heteroatoms. The van der Waals surface area contributed by atoms with Gasteiger partial charge in [-0.1, -0.05) is 25.6 Å². The van der Waals surface area contributed by atoms with Gasteiger partial charge in [0.25, 0.3) is 5.56 Å². The maximum absolute atomic E-state index is 12.3. The van der Waals surface area contributed by atoms with Gasteiger partial charge in [0.05, 0.1) is 5.97 Å². The third kappa shape index (κ3) is 2.76. The molecule has 0 saturated heterocycles. The van der Waals surface area contributed by atoms with Gasteiger partial charge in [-0.15, -0.1) is 0 Å². The largest absolute Gasteiger partial charge is 0.549 e. The number of hydrogen-bond donors (Lipinski definition) is 0. The first kappa shape index (κ1) is 16.2. The fourth-order valence-corrected chi connectivity index (χ4v) is 2.67. The van der Waals surface area contributed by atoms with Gasteiger partial charge < -0.3 is 9.90 Å². The van der Waals surface area contributed by atoms with E-state index in [0.29, 0.717) is 5.82 Å². The normalized spacial score (nSPS) is 11.3. The van der Waals surface area contributed by atoms with Gasteiger partial charge in [-0.25, -0.2) is 14.8 Å². The number of fused-ring (bicyclic) bond motifs is 1. The quantitative estimate of drug-likeness (QED) is 0.524. The van der Waals surface area contributed by atoms with E-state index in [1.54, 1.807) is 0 Å². The fraction of sp³-hybridized carbons (Fsp3) is 0.462. The predicted octanol–water partition coefficient (Wildman–Crippen LogP) is -1.01. The van der Waals surface area contributed by atoms with Gasteiger partial charge in [-0.3, -0.25) is 13.9 Å². The molecule has 0 atom stereocenters. The number of nitrogens with zero attached hydrogens (tertiary/aromatic N) is 4. The Bertz CT molecular complexity index is 869. The number of aryl methyl sites for hydroxylation is 1. The highest BCUT2D eigenvalue weighted by Gasteiger charge is 2.18. The van der Waals surface area contributed by atoms with Crippen molar-refractivity contribution in [3.05, 3.63) is 26.7 Å². The van der Waals surface area contributed by atoms with Crippen molar-refractivity contribution >= 4 is 28.8 Å². The van der Waals surface area contributed by atoms with Crippen LogP contribution in [0.15, 0.2) is 14.6 Å². The Balaban J connectivity index is 2.88. The van der Waals surface area contributed by atoms with Crippen LogP contribution in [0.3, 0.4) is 0 Å². The van der Waals surface area contributed by atoms with Gasteiger partial charge in [-0.05, 0) is 0 Å². The van der Waals surface area contributed by atoms with Crippen molar-refractivity contribution in [1.29, 1.82) is 0 Å². The average molecular weight is 323 g/mol. The number of thioether (sulfide) groups is 1. The third-order valence-electron chi connectivity index (χ3n) is 3.13. The van der Waals surface area contributed by atoms with Gasteiger partial charge >= 0.3 is 5.69 Å². The first-order valence-electron chi connectivity index (χ1n) is 6.54. The fourth-order valence-electron chi connectivity index (χ4n) is 1.93. The van der Waals surface area contributed by atoms with E-state index in [2.05, 4.69) is 9.97 Å². The molecule has 0 fully saturated rings. The van der Waals surface area contributed by atoms with Crippen LogP contribution < -0.4 is 16.4 Å². The highest BCUT2D eigenvalue weighted by Crippen LogP contribution is 2.24. The lowest BCUT2D eigenvalue weighted by atomic mass is 10.2. The number of carbonyl (C=O) groups excluding carboxylic acids is 1. The summed E-state index contributed by atoms with van der Waals surface area (Å²) in [5.41, 5.74) is -0.844. The molecule has 0 aliphatic carbocycles. The molecule has 0 spiro atoms. The van der Waals surface area contributed by atoms with E-state index in [1.165, 1.54) is 18.7 Å². The summed E-state index contributed by atoms with van der Waals surface area (Å²) in [6.07, 6.45) is 0. The average Bonchev–Trinajstić information content (AvgIpc) is 2.47.